The fourth-order valence-electron chi connectivity index (χ4n) is 1.71. The molecule has 0 atom stereocenters. The number of benzene rings is 1. The second-order valence-electron chi connectivity index (χ2n) is 3.50. The minimum atomic E-state index is -0.470. The van der Waals surface area contributed by atoms with Gasteiger partial charge in [0, 0.05) is 12.1 Å². The van der Waals surface area contributed by atoms with Crippen LogP contribution >= 0.6 is 0 Å². The van der Waals surface area contributed by atoms with Gasteiger partial charge in [-0.05, 0) is 22.8 Å². The van der Waals surface area contributed by atoms with Crippen molar-refractivity contribution in [2.75, 3.05) is 13.2 Å². The molecule has 0 saturated heterocycles. The minimum Gasteiger partial charge on any atom is -0.392 e. The molecule has 0 radical (unpaired) electrons. The Labute approximate surface area is 92.1 Å². The van der Waals surface area contributed by atoms with Crippen LogP contribution in [0, 0.1) is 10.1 Å². The van der Waals surface area contributed by atoms with Crippen LogP contribution in [0.2, 0.25) is 0 Å². The maximum atomic E-state index is 10.6. The number of non-ortho nitro benzene ring substituents is 1. The highest BCUT2D eigenvalue weighted by molar-refractivity contribution is 5.71. The van der Waals surface area contributed by atoms with Crippen molar-refractivity contribution < 1.29 is 14.8 Å². The van der Waals surface area contributed by atoms with E-state index in [2.05, 4.69) is 0 Å². The second-order valence-corrected chi connectivity index (χ2v) is 3.50. The molecular formula is C11H11NO4. The Bertz CT molecular complexity index is 453. The van der Waals surface area contributed by atoms with Gasteiger partial charge in [0.05, 0.1) is 24.7 Å². The summed E-state index contributed by atoms with van der Waals surface area (Å²) in [4.78, 5) is 10.1. The summed E-state index contributed by atoms with van der Waals surface area (Å²) in [5.41, 5.74) is 2.35. The monoisotopic (exact) mass is 221 g/mol. The summed E-state index contributed by atoms with van der Waals surface area (Å²) < 4.78 is 5.18. The average Bonchev–Trinajstić information content (AvgIpc) is 2.81. The van der Waals surface area contributed by atoms with Gasteiger partial charge in [-0.1, -0.05) is 6.08 Å². The van der Waals surface area contributed by atoms with Gasteiger partial charge in [0.25, 0.3) is 5.69 Å². The third-order valence-electron chi connectivity index (χ3n) is 2.52. The third kappa shape index (κ3) is 1.95. The van der Waals surface area contributed by atoms with Crippen molar-refractivity contribution >= 4 is 11.3 Å². The molecule has 0 aromatic heterocycles. The van der Waals surface area contributed by atoms with Gasteiger partial charge >= 0.3 is 0 Å². The maximum Gasteiger partial charge on any atom is 0.269 e. The molecule has 1 heterocycles. The van der Waals surface area contributed by atoms with E-state index in [-0.39, 0.29) is 12.3 Å². The molecular weight excluding hydrogens is 210 g/mol. The van der Waals surface area contributed by atoms with Crippen LogP contribution in [0.5, 0.6) is 0 Å². The van der Waals surface area contributed by atoms with E-state index in [0.29, 0.717) is 18.8 Å². The molecule has 16 heavy (non-hydrogen) atoms. The van der Waals surface area contributed by atoms with Gasteiger partial charge in [-0.15, -0.1) is 0 Å². The summed E-state index contributed by atoms with van der Waals surface area (Å²) in [6.07, 6.45) is 1.92. The first kappa shape index (κ1) is 10.8. The number of hydrogen-bond donors (Lipinski definition) is 1. The number of aliphatic hydroxyl groups excluding tert-OH is 1. The van der Waals surface area contributed by atoms with Crippen molar-refractivity contribution in [3.63, 3.8) is 0 Å². The molecule has 0 amide bonds. The van der Waals surface area contributed by atoms with Crippen LogP contribution in [0.25, 0.3) is 5.57 Å². The molecule has 0 unspecified atom stereocenters. The van der Waals surface area contributed by atoms with E-state index < -0.39 is 4.92 Å². The summed E-state index contributed by atoms with van der Waals surface area (Å²) in [5.74, 6) is 0. The van der Waals surface area contributed by atoms with Gasteiger partial charge in [0.2, 0.25) is 0 Å². The number of hydrogen-bond acceptors (Lipinski definition) is 4. The third-order valence-corrected chi connectivity index (χ3v) is 2.52. The Morgan fingerprint density at radius 1 is 1.50 bits per heavy atom. The summed E-state index contributed by atoms with van der Waals surface area (Å²) >= 11 is 0. The molecule has 1 N–H and O–H groups in total. The van der Waals surface area contributed by atoms with Crippen LogP contribution in [-0.2, 0) is 11.3 Å². The number of aliphatic hydroxyl groups is 1. The van der Waals surface area contributed by atoms with Crippen molar-refractivity contribution in [3.8, 4) is 0 Å². The number of nitro groups is 1. The molecule has 0 aliphatic carbocycles. The Morgan fingerprint density at radius 2 is 2.31 bits per heavy atom. The van der Waals surface area contributed by atoms with Crippen LogP contribution < -0.4 is 0 Å². The predicted molar refractivity (Wildman–Crippen MR) is 57.8 cm³/mol. The normalized spacial score (nSPS) is 14.9. The lowest BCUT2D eigenvalue weighted by atomic mass is 10.0. The fraction of sp³-hybridized carbons (Fsp3) is 0.273. The van der Waals surface area contributed by atoms with E-state index in [1.807, 2.05) is 6.08 Å². The summed E-state index contributed by atoms with van der Waals surface area (Å²) in [7, 11) is 0. The van der Waals surface area contributed by atoms with Crippen molar-refractivity contribution in [1.82, 2.24) is 0 Å². The molecule has 2 rings (SSSR count). The molecule has 0 fully saturated rings. The van der Waals surface area contributed by atoms with Crippen LogP contribution in [-0.4, -0.2) is 23.2 Å². The SMILES string of the molecule is O=[N+]([O-])c1ccc(C2=CCOC2)c(CO)c1. The molecule has 1 aromatic carbocycles. The molecule has 5 nitrogen and oxygen atoms in total. The van der Waals surface area contributed by atoms with Crippen molar-refractivity contribution in [2.45, 2.75) is 6.61 Å². The zero-order valence-electron chi connectivity index (χ0n) is 8.55. The molecule has 0 saturated carbocycles. The van der Waals surface area contributed by atoms with E-state index in [4.69, 9.17) is 4.74 Å². The molecule has 5 heteroatoms. The zero-order chi connectivity index (χ0) is 11.5. The van der Waals surface area contributed by atoms with Gasteiger partial charge in [0.15, 0.2) is 0 Å². The largest absolute Gasteiger partial charge is 0.392 e. The van der Waals surface area contributed by atoms with Crippen molar-refractivity contribution in [1.29, 1.82) is 0 Å². The van der Waals surface area contributed by atoms with Crippen LogP contribution in [0.1, 0.15) is 11.1 Å². The molecule has 0 bridgehead atoms. The van der Waals surface area contributed by atoms with Crippen molar-refractivity contribution in [3.05, 3.63) is 45.5 Å². The number of nitrogens with zero attached hydrogens (tertiary/aromatic N) is 1. The lowest BCUT2D eigenvalue weighted by molar-refractivity contribution is -0.384. The Morgan fingerprint density at radius 3 is 2.88 bits per heavy atom. The van der Waals surface area contributed by atoms with E-state index in [0.717, 1.165) is 11.1 Å². The average molecular weight is 221 g/mol. The van der Waals surface area contributed by atoms with Crippen LogP contribution in [0.4, 0.5) is 5.69 Å². The second kappa shape index (κ2) is 4.42. The molecule has 84 valence electrons. The van der Waals surface area contributed by atoms with E-state index in [1.54, 1.807) is 6.07 Å². The topological polar surface area (TPSA) is 72.6 Å². The smallest absolute Gasteiger partial charge is 0.269 e. The number of ether oxygens (including phenoxy) is 1. The standard InChI is InChI=1S/C11H11NO4/c13-6-9-5-10(12(14)15)1-2-11(9)8-3-4-16-7-8/h1-3,5,13H,4,6-7H2. The minimum absolute atomic E-state index is 0.00712. The predicted octanol–water partition coefficient (Wildman–Crippen LogP) is 1.50. The van der Waals surface area contributed by atoms with Crippen LogP contribution in [0.15, 0.2) is 24.3 Å². The first-order valence-electron chi connectivity index (χ1n) is 4.87. The Kier molecular flexibility index (Phi) is 2.98. The fourth-order valence-corrected chi connectivity index (χ4v) is 1.71. The first-order chi connectivity index (χ1) is 7.72. The highest BCUT2D eigenvalue weighted by Gasteiger charge is 2.15. The highest BCUT2D eigenvalue weighted by Crippen LogP contribution is 2.26. The first-order valence-corrected chi connectivity index (χ1v) is 4.87. The van der Waals surface area contributed by atoms with E-state index in [1.165, 1.54) is 12.1 Å². The lowest BCUT2D eigenvalue weighted by Crippen LogP contribution is -1.97. The summed E-state index contributed by atoms with van der Waals surface area (Å²) in [6.45, 7) is 0.830. The lowest BCUT2D eigenvalue weighted by Gasteiger charge is -2.07. The summed E-state index contributed by atoms with van der Waals surface area (Å²) in [6, 6.07) is 4.49. The van der Waals surface area contributed by atoms with Crippen LogP contribution in [0.3, 0.4) is 0 Å². The molecule has 0 spiro atoms. The molecule has 1 aliphatic heterocycles. The van der Waals surface area contributed by atoms with Crippen molar-refractivity contribution in [2.24, 2.45) is 0 Å². The number of nitro benzene ring substituents is 1. The van der Waals surface area contributed by atoms with E-state index >= 15 is 0 Å². The number of rotatable bonds is 3. The van der Waals surface area contributed by atoms with Gasteiger partial charge in [-0.3, -0.25) is 10.1 Å². The zero-order valence-corrected chi connectivity index (χ0v) is 8.55. The molecule has 1 aromatic rings. The van der Waals surface area contributed by atoms with Gasteiger partial charge < -0.3 is 9.84 Å². The molecule has 1 aliphatic rings. The Balaban J connectivity index is 2.42. The summed E-state index contributed by atoms with van der Waals surface area (Å²) in [5, 5.41) is 19.8. The van der Waals surface area contributed by atoms with Gasteiger partial charge in [0.1, 0.15) is 0 Å². The van der Waals surface area contributed by atoms with E-state index in [9.17, 15) is 15.2 Å². The quantitative estimate of drug-likeness (QED) is 0.620. The van der Waals surface area contributed by atoms with Gasteiger partial charge in [-0.2, -0.15) is 0 Å². The van der Waals surface area contributed by atoms with Gasteiger partial charge in [-0.25, -0.2) is 0 Å². The maximum absolute atomic E-state index is 10.6. The Hall–Kier alpha value is -1.72. The highest BCUT2D eigenvalue weighted by atomic mass is 16.6.